The first-order valence-electron chi connectivity index (χ1n) is 6.75. The zero-order valence-electron chi connectivity index (χ0n) is 13.2. The molecule has 1 aromatic carbocycles. The number of likely N-dealkylation sites (N-methyl/N-ethyl adjacent to an activating group) is 1. The van der Waals surface area contributed by atoms with Crippen LogP contribution >= 0.6 is 0 Å². The van der Waals surface area contributed by atoms with E-state index in [1.807, 2.05) is 0 Å². The van der Waals surface area contributed by atoms with Gasteiger partial charge in [0.15, 0.2) is 0 Å². The lowest BCUT2D eigenvalue weighted by molar-refractivity contribution is -0.125. The molecule has 0 heterocycles. The number of carbonyl (C=O) groups is 1. The molecule has 1 amide bonds. The van der Waals surface area contributed by atoms with Gasteiger partial charge in [0, 0.05) is 20.6 Å². The maximum atomic E-state index is 13.3. The molecule has 1 rings (SSSR count). The molecule has 0 radical (unpaired) electrons. The Balaban J connectivity index is 2.76. The highest BCUT2D eigenvalue weighted by Gasteiger charge is 2.23. The molecule has 1 aromatic rings. The van der Waals surface area contributed by atoms with Crippen LogP contribution in [-0.4, -0.2) is 64.0 Å². The molecular formula is C14H22FN3O3S. The molecule has 124 valence electrons. The van der Waals surface area contributed by atoms with E-state index in [9.17, 15) is 17.6 Å². The Morgan fingerprint density at radius 2 is 1.91 bits per heavy atom. The fourth-order valence-electron chi connectivity index (χ4n) is 1.94. The number of rotatable bonds is 7. The molecular weight excluding hydrogens is 309 g/mol. The molecule has 8 heteroatoms. The molecule has 0 bridgehead atoms. The van der Waals surface area contributed by atoms with Gasteiger partial charge in [-0.05, 0) is 31.8 Å². The SMILES string of the molecule is CN(C)[C@H](C(=O)NCCS(=O)(=O)N(C)C)c1cccc(F)c1. The van der Waals surface area contributed by atoms with Gasteiger partial charge in [-0.2, -0.15) is 0 Å². The van der Waals surface area contributed by atoms with E-state index in [1.54, 1.807) is 25.1 Å². The summed E-state index contributed by atoms with van der Waals surface area (Å²) in [6.07, 6.45) is 0. The van der Waals surface area contributed by atoms with Crippen molar-refractivity contribution in [2.24, 2.45) is 0 Å². The summed E-state index contributed by atoms with van der Waals surface area (Å²) < 4.78 is 37.7. The van der Waals surface area contributed by atoms with Gasteiger partial charge in [-0.15, -0.1) is 0 Å². The van der Waals surface area contributed by atoms with E-state index < -0.39 is 21.9 Å². The highest BCUT2D eigenvalue weighted by molar-refractivity contribution is 7.89. The standard InChI is InChI=1S/C14H22FN3O3S/c1-17(2)13(11-6-5-7-12(15)10-11)14(19)16-8-9-22(20,21)18(3)4/h5-7,10,13H,8-9H2,1-4H3,(H,16,19)/t13-/m0/s1. The number of benzene rings is 1. The molecule has 1 N–H and O–H groups in total. The second-order valence-corrected chi connectivity index (χ2v) is 7.61. The highest BCUT2D eigenvalue weighted by Crippen LogP contribution is 2.19. The van der Waals surface area contributed by atoms with Gasteiger partial charge in [0.2, 0.25) is 15.9 Å². The maximum absolute atomic E-state index is 13.3. The Hall–Kier alpha value is -1.51. The number of nitrogens with zero attached hydrogens (tertiary/aromatic N) is 2. The van der Waals surface area contributed by atoms with E-state index in [0.717, 1.165) is 4.31 Å². The second kappa shape index (κ2) is 7.66. The van der Waals surface area contributed by atoms with Crippen LogP contribution in [0.2, 0.25) is 0 Å². The summed E-state index contributed by atoms with van der Waals surface area (Å²) in [5, 5.41) is 2.58. The monoisotopic (exact) mass is 331 g/mol. The minimum Gasteiger partial charge on any atom is -0.353 e. The Bertz CT molecular complexity index is 618. The molecule has 0 saturated carbocycles. The summed E-state index contributed by atoms with van der Waals surface area (Å²) >= 11 is 0. The van der Waals surface area contributed by atoms with E-state index >= 15 is 0 Å². The van der Waals surface area contributed by atoms with Gasteiger partial charge in [-0.1, -0.05) is 12.1 Å². The van der Waals surface area contributed by atoms with Gasteiger partial charge >= 0.3 is 0 Å². The van der Waals surface area contributed by atoms with Crippen molar-refractivity contribution in [1.29, 1.82) is 0 Å². The van der Waals surface area contributed by atoms with Crippen LogP contribution in [0.15, 0.2) is 24.3 Å². The van der Waals surface area contributed by atoms with Crippen LogP contribution in [0.25, 0.3) is 0 Å². The van der Waals surface area contributed by atoms with E-state index in [0.29, 0.717) is 5.56 Å². The fraction of sp³-hybridized carbons (Fsp3) is 0.500. The maximum Gasteiger partial charge on any atom is 0.241 e. The van der Waals surface area contributed by atoms with Gasteiger partial charge in [-0.25, -0.2) is 17.1 Å². The number of sulfonamides is 1. The van der Waals surface area contributed by atoms with Crippen molar-refractivity contribution in [3.8, 4) is 0 Å². The first-order valence-corrected chi connectivity index (χ1v) is 8.36. The van der Waals surface area contributed by atoms with Crippen molar-refractivity contribution in [3.05, 3.63) is 35.6 Å². The van der Waals surface area contributed by atoms with Gasteiger partial charge in [0.05, 0.1) is 5.75 Å². The Morgan fingerprint density at radius 3 is 2.41 bits per heavy atom. The summed E-state index contributed by atoms with van der Waals surface area (Å²) in [7, 11) is 2.91. The summed E-state index contributed by atoms with van der Waals surface area (Å²) in [5.74, 6) is -0.980. The Kier molecular flexibility index (Phi) is 6.46. The molecule has 0 aliphatic heterocycles. The predicted octanol–water partition coefficient (Wildman–Crippen LogP) is 0.436. The molecule has 0 spiro atoms. The number of hydrogen-bond donors (Lipinski definition) is 1. The number of nitrogens with one attached hydrogen (secondary N) is 1. The molecule has 1 atom stereocenters. The lowest BCUT2D eigenvalue weighted by Crippen LogP contribution is -2.40. The average molecular weight is 331 g/mol. The van der Waals surface area contributed by atoms with E-state index in [2.05, 4.69) is 5.32 Å². The molecule has 0 fully saturated rings. The first kappa shape index (κ1) is 18.5. The third-order valence-corrected chi connectivity index (χ3v) is 4.98. The minimum absolute atomic E-state index is 0.000990. The zero-order valence-corrected chi connectivity index (χ0v) is 14.0. The Morgan fingerprint density at radius 1 is 1.27 bits per heavy atom. The topological polar surface area (TPSA) is 69.7 Å². The van der Waals surface area contributed by atoms with Crippen molar-refractivity contribution < 1.29 is 17.6 Å². The largest absolute Gasteiger partial charge is 0.353 e. The quantitative estimate of drug-likeness (QED) is 0.787. The number of halogens is 1. The van der Waals surface area contributed by atoms with E-state index in [4.69, 9.17) is 0 Å². The fourth-order valence-corrected chi connectivity index (χ4v) is 2.67. The number of carbonyl (C=O) groups excluding carboxylic acids is 1. The molecule has 0 aliphatic carbocycles. The van der Waals surface area contributed by atoms with Crippen molar-refractivity contribution in [2.75, 3.05) is 40.5 Å². The minimum atomic E-state index is -3.37. The van der Waals surface area contributed by atoms with Gasteiger partial charge in [0.25, 0.3) is 0 Å². The second-order valence-electron chi connectivity index (χ2n) is 5.31. The number of hydrogen-bond acceptors (Lipinski definition) is 4. The molecule has 0 unspecified atom stereocenters. The van der Waals surface area contributed by atoms with Crippen LogP contribution in [0.3, 0.4) is 0 Å². The van der Waals surface area contributed by atoms with Gasteiger partial charge < -0.3 is 5.32 Å². The Labute approximate surface area is 131 Å². The first-order chi connectivity index (χ1) is 10.1. The average Bonchev–Trinajstić information content (AvgIpc) is 2.38. The molecule has 0 aliphatic rings. The third-order valence-electron chi connectivity index (χ3n) is 3.14. The highest BCUT2D eigenvalue weighted by atomic mass is 32.2. The van der Waals surface area contributed by atoms with Gasteiger partial charge in [-0.3, -0.25) is 9.69 Å². The zero-order chi connectivity index (χ0) is 16.9. The van der Waals surface area contributed by atoms with Gasteiger partial charge in [0.1, 0.15) is 11.9 Å². The molecule has 0 saturated heterocycles. The van der Waals surface area contributed by atoms with Crippen molar-refractivity contribution >= 4 is 15.9 Å². The lowest BCUT2D eigenvalue weighted by Gasteiger charge is -2.24. The summed E-state index contributed by atoms with van der Waals surface area (Å²) in [4.78, 5) is 13.9. The van der Waals surface area contributed by atoms with Crippen molar-refractivity contribution in [2.45, 2.75) is 6.04 Å². The smallest absolute Gasteiger partial charge is 0.241 e. The van der Waals surface area contributed by atoms with Crippen molar-refractivity contribution in [1.82, 2.24) is 14.5 Å². The summed E-state index contributed by atoms with van der Waals surface area (Å²) in [5.41, 5.74) is 0.512. The third kappa shape index (κ3) is 5.04. The van der Waals surface area contributed by atoms with Crippen LogP contribution in [0.5, 0.6) is 0 Å². The van der Waals surface area contributed by atoms with Crippen LogP contribution in [0, 0.1) is 5.82 Å². The molecule has 0 aromatic heterocycles. The molecule has 22 heavy (non-hydrogen) atoms. The van der Waals surface area contributed by atoms with E-state index in [1.165, 1.54) is 32.3 Å². The van der Waals surface area contributed by atoms with Crippen LogP contribution in [0.4, 0.5) is 4.39 Å². The lowest BCUT2D eigenvalue weighted by atomic mass is 10.1. The van der Waals surface area contributed by atoms with Crippen LogP contribution < -0.4 is 5.32 Å². The summed E-state index contributed by atoms with van der Waals surface area (Å²) in [6.45, 7) is -0.000990. The van der Waals surface area contributed by atoms with Crippen LogP contribution in [-0.2, 0) is 14.8 Å². The summed E-state index contributed by atoms with van der Waals surface area (Å²) in [6, 6.07) is 5.10. The normalized spacial score (nSPS) is 13.4. The van der Waals surface area contributed by atoms with Crippen LogP contribution in [0.1, 0.15) is 11.6 Å². The molecule has 6 nitrogen and oxygen atoms in total. The van der Waals surface area contributed by atoms with E-state index in [-0.39, 0.29) is 18.2 Å². The number of amides is 1. The van der Waals surface area contributed by atoms with Crippen molar-refractivity contribution in [3.63, 3.8) is 0 Å². The predicted molar refractivity (Wildman–Crippen MR) is 83.3 cm³/mol.